The number of urea groups is 1. The fourth-order valence-electron chi connectivity index (χ4n) is 3.64. The Morgan fingerprint density at radius 3 is 2.29 bits per heavy atom. The number of anilines is 2. The molecule has 2 unspecified atom stereocenters. The Morgan fingerprint density at radius 1 is 1.12 bits per heavy atom. The molecule has 11 heteroatoms. The van der Waals surface area contributed by atoms with Crippen molar-refractivity contribution < 1.29 is 23.8 Å². The molecule has 1 aliphatic heterocycles. The van der Waals surface area contributed by atoms with Crippen LogP contribution in [0.2, 0.25) is 0 Å². The average molecular weight is 475 g/mol. The van der Waals surface area contributed by atoms with E-state index in [4.69, 9.17) is 14.2 Å². The van der Waals surface area contributed by atoms with Crippen LogP contribution >= 0.6 is 0 Å². The second-order valence-corrected chi connectivity index (χ2v) is 9.05. The zero-order valence-electron chi connectivity index (χ0n) is 20.7. The Balaban J connectivity index is 1.88. The predicted octanol–water partition coefficient (Wildman–Crippen LogP) is 3.19. The summed E-state index contributed by atoms with van der Waals surface area (Å²) in [6, 6.07) is 4.59. The molecule has 11 nitrogen and oxygen atoms in total. The van der Waals surface area contributed by atoms with Crippen LogP contribution in [0.5, 0.6) is 17.2 Å². The Kier molecular flexibility index (Phi) is 7.55. The van der Waals surface area contributed by atoms with Gasteiger partial charge in [0.2, 0.25) is 11.7 Å². The van der Waals surface area contributed by atoms with Crippen LogP contribution in [-0.4, -0.2) is 49.1 Å². The number of carbonyl (C=O) groups excluding carboxylic acids is 2. The van der Waals surface area contributed by atoms with Crippen molar-refractivity contribution >= 4 is 23.4 Å². The molecule has 34 heavy (non-hydrogen) atoms. The van der Waals surface area contributed by atoms with E-state index in [1.54, 1.807) is 22.9 Å². The van der Waals surface area contributed by atoms with Gasteiger partial charge in [0.15, 0.2) is 17.8 Å². The maximum Gasteiger partial charge on any atom is 0.324 e. The summed E-state index contributed by atoms with van der Waals surface area (Å²) in [6.45, 7) is 8.10. The molecule has 4 N–H and O–H groups in total. The monoisotopic (exact) mass is 474 g/mol. The predicted molar refractivity (Wildman–Crippen MR) is 129 cm³/mol. The highest BCUT2D eigenvalue weighted by molar-refractivity contribution is 5.99. The summed E-state index contributed by atoms with van der Waals surface area (Å²) in [4.78, 5) is 25.2. The summed E-state index contributed by atoms with van der Waals surface area (Å²) >= 11 is 0. The second-order valence-electron chi connectivity index (χ2n) is 9.05. The van der Waals surface area contributed by atoms with E-state index in [1.807, 2.05) is 27.7 Å². The van der Waals surface area contributed by atoms with Crippen molar-refractivity contribution in [1.29, 1.82) is 0 Å². The van der Waals surface area contributed by atoms with Crippen molar-refractivity contribution in [2.45, 2.75) is 58.3 Å². The third kappa shape index (κ3) is 5.53. The first-order valence-corrected chi connectivity index (χ1v) is 11.1. The number of ether oxygens (including phenoxy) is 3. The van der Waals surface area contributed by atoms with Gasteiger partial charge in [-0.25, -0.2) is 9.48 Å². The molecule has 2 aromatic rings. The zero-order valence-corrected chi connectivity index (χ0v) is 20.7. The van der Waals surface area contributed by atoms with Gasteiger partial charge in [-0.3, -0.25) is 15.4 Å². The molecule has 2 heterocycles. The molecular formula is C23H34N6O5. The Labute approximate surface area is 199 Å². The van der Waals surface area contributed by atoms with E-state index in [-0.39, 0.29) is 17.4 Å². The van der Waals surface area contributed by atoms with Crippen LogP contribution in [0.4, 0.5) is 16.3 Å². The minimum atomic E-state index is -0.584. The lowest BCUT2D eigenvalue weighted by Gasteiger charge is -2.32. The van der Waals surface area contributed by atoms with E-state index < -0.39 is 12.3 Å². The van der Waals surface area contributed by atoms with Gasteiger partial charge >= 0.3 is 6.03 Å². The summed E-state index contributed by atoms with van der Waals surface area (Å²) in [7, 11) is 4.51. The lowest BCUT2D eigenvalue weighted by atomic mass is 9.92. The van der Waals surface area contributed by atoms with Gasteiger partial charge in [-0.2, -0.15) is 5.10 Å². The topological polar surface area (TPSA) is 128 Å². The molecule has 0 bridgehead atoms. The number of nitrogens with one attached hydrogen (secondary N) is 4. The van der Waals surface area contributed by atoms with Crippen molar-refractivity contribution in [1.82, 2.24) is 20.4 Å². The number of aromatic nitrogens is 2. The minimum absolute atomic E-state index is 0.0157. The van der Waals surface area contributed by atoms with Gasteiger partial charge < -0.3 is 24.8 Å². The summed E-state index contributed by atoms with van der Waals surface area (Å²) < 4.78 is 17.6. The summed E-state index contributed by atoms with van der Waals surface area (Å²) in [5.41, 5.74) is 0.951. The molecule has 0 radical (unpaired) electrons. The van der Waals surface area contributed by atoms with Crippen molar-refractivity contribution in [2.24, 2.45) is 0 Å². The quantitative estimate of drug-likeness (QED) is 0.485. The second kappa shape index (κ2) is 10.2. The Morgan fingerprint density at radius 2 is 1.76 bits per heavy atom. The van der Waals surface area contributed by atoms with Crippen LogP contribution < -0.4 is 35.5 Å². The zero-order chi connectivity index (χ0) is 25.0. The number of hydrogen-bond acceptors (Lipinski definition) is 7. The van der Waals surface area contributed by atoms with E-state index in [0.29, 0.717) is 35.2 Å². The van der Waals surface area contributed by atoms with Crippen LogP contribution in [0, 0.1) is 0 Å². The largest absolute Gasteiger partial charge is 0.493 e. The minimum Gasteiger partial charge on any atom is -0.493 e. The summed E-state index contributed by atoms with van der Waals surface area (Å²) in [6.07, 6.45) is 0.603. The van der Waals surface area contributed by atoms with Crippen LogP contribution in [-0.2, 0) is 10.2 Å². The lowest BCUT2D eigenvalue weighted by Crippen LogP contribution is -2.53. The average Bonchev–Trinajstić information content (AvgIpc) is 3.22. The standard InChI is InChI=1S/C23H34N6O5/c1-8-13-11-19(30)27-21(24-13)29-18(12-17(28-29)23(2,3)4)26-22(31)25-14-9-15(32-5)20(34-7)16(10-14)33-6/h9-10,12-13,21,24H,8,11H2,1-7H3,(H,27,30)(H2,25,26,31). The third-order valence-electron chi connectivity index (χ3n) is 5.53. The molecule has 0 spiro atoms. The van der Waals surface area contributed by atoms with Gasteiger partial charge in [0.25, 0.3) is 0 Å². The van der Waals surface area contributed by atoms with E-state index in [9.17, 15) is 9.59 Å². The van der Waals surface area contributed by atoms with Gasteiger partial charge in [0.1, 0.15) is 5.82 Å². The van der Waals surface area contributed by atoms with Crippen molar-refractivity contribution in [2.75, 3.05) is 32.0 Å². The maximum atomic E-state index is 12.9. The van der Waals surface area contributed by atoms with E-state index in [0.717, 1.165) is 12.1 Å². The van der Waals surface area contributed by atoms with Crippen molar-refractivity contribution in [3.8, 4) is 17.2 Å². The first-order chi connectivity index (χ1) is 16.1. The highest BCUT2D eigenvalue weighted by Crippen LogP contribution is 2.40. The Hall–Kier alpha value is -3.47. The van der Waals surface area contributed by atoms with Gasteiger partial charge in [-0.15, -0.1) is 0 Å². The number of benzene rings is 1. The number of methoxy groups -OCH3 is 3. The van der Waals surface area contributed by atoms with Gasteiger partial charge in [-0.05, 0) is 6.42 Å². The molecule has 0 saturated carbocycles. The number of carbonyl (C=O) groups is 2. The van der Waals surface area contributed by atoms with E-state index >= 15 is 0 Å². The highest BCUT2D eigenvalue weighted by Gasteiger charge is 2.30. The van der Waals surface area contributed by atoms with Crippen molar-refractivity contribution in [3.63, 3.8) is 0 Å². The number of nitrogens with zero attached hydrogens (tertiary/aromatic N) is 2. The number of amides is 3. The smallest absolute Gasteiger partial charge is 0.324 e. The summed E-state index contributed by atoms with van der Waals surface area (Å²) in [5.74, 6) is 1.61. The molecule has 0 aliphatic carbocycles. The van der Waals surface area contributed by atoms with Crippen LogP contribution in [0.1, 0.15) is 52.5 Å². The van der Waals surface area contributed by atoms with Crippen LogP contribution in [0.25, 0.3) is 0 Å². The fraction of sp³-hybridized carbons (Fsp3) is 0.522. The Bertz CT molecular complexity index is 1020. The highest BCUT2D eigenvalue weighted by atomic mass is 16.5. The molecule has 3 amide bonds. The van der Waals surface area contributed by atoms with E-state index in [2.05, 4.69) is 26.4 Å². The molecular weight excluding hydrogens is 440 g/mol. The first-order valence-electron chi connectivity index (χ1n) is 11.1. The van der Waals surface area contributed by atoms with Gasteiger partial charge in [0, 0.05) is 36.1 Å². The van der Waals surface area contributed by atoms with Crippen LogP contribution in [0.3, 0.4) is 0 Å². The fourth-order valence-corrected chi connectivity index (χ4v) is 3.64. The molecule has 1 aliphatic rings. The lowest BCUT2D eigenvalue weighted by molar-refractivity contribution is -0.125. The van der Waals surface area contributed by atoms with Gasteiger partial charge in [0.05, 0.1) is 32.7 Å². The molecule has 1 fully saturated rings. The summed E-state index contributed by atoms with van der Waals surface area (Å²) in [5, 5.41) is 16.6. The van der Waals surface area contributed by atoms with Crippen molar-refractivity contribution in [3.05, 3.63) is 23.9 Å². The molecule has 1 saturated heterocycles. The van der Waals surface area contributed by atoms with E-state index in [1.165, 1.54) is 21.3 Å². The number of rotatable bonds is 7. The number of hydrogen-bond donors (Lipinski definition) is 4. The molecule has 1 aromatic heterocycles. The molecule has 186 valence electrons. The van der Waals surface area contributed by atoms with Gasteiger partial charge in [-0.1, -0.05) is 27.7 Å². The molecule has 2 atom stereocenters. The maximum absolute atomic E-state index is 12.9. The third-order valence-corrected chi connectivity index (χ3v) is 5.53. The SMILES string of the molecule is CCC1CC(=O)NC(n2nc(C(C)(C)C)cc2NC(=O)Nc2cc(OC)c(OC)c(OC)c2)N1. The van der Waals surface area contributed by atoms with Crippen LogP contribution in [0.15, 0.2) is 18.2 Å². The molecule has 1 aromatic carbocycles. The normalized spacial score (nSPS) is 18.1. The first kappa shape index (κ1) is 25.2. The molecule has 3 rings (SSSR count).